The number of nitrogens with two attached hydrogens (primary N) is 1. The molecule has 86 valence electrons. The minimum atomic E-state index is -1.15. The number of primary amides is 1. The van der Waals surface area contributed by atoms with Crippen LogP contribution < -0.4 is 11.1 Å². The van der Waals surface area contributed by atoms with Crippen molar-refractivity contribution < 1.29 is 9.53 Å². The molecule has 4 nitrogen and oxygen atoms in total. The first-order valence-corrected chi connectivity index (χ1v) is 5.48. The normalized spacial score (nSPS) is 23.8. The highest BCUT2D eigenvalue weighted by Gasteiger charge is 2.42. The van der Waals surface area contributed by atoms with Crippen molar-refractivity contribution in [2.24, 2.45) is 5.73 Å². The van der Waals surface area contributed by atoms with Crippen LogP contribution in [0.15, 0.2) is 24.3 Å². The van der Waals surface area contributed by atoms with Gasteiger partial charge in [-0.25, -0.2) is 0 Å². The van der Waals surface area contributed by atoms with Crippen LogP contribution in [0, 0.1) is 0 Å². The molecule has 1 aromatic carbocycles. The summed E-state index contributed by atoms with van der Waals surface area (Å²) in [6.45, 7) is 2.98. The maximum atomic E-state index is 11.7. The van der Waals surface area contributed by atoms with Gasteiger partial charge in [0, 0.05) is 18.7 Å². The molecule has 1 aliphatic heterocycles. The quantitative estimate of drug-likeness (QED) is 0.780. The lowest BCUT2D eigenvalue weighted by Gasteiger charge is -2.36. The molecule has 0 aliphatic carbocycles. The van der Waals surface area contributed by atoms with E-state index in [4.69, 9.17) is 10.5 Å². The van der Waals surface area contributed by atoms with Crippen LogP contribution in [-0.4, -0.2) is 19.1 Å². The molecule has 4 heteroatoms. The van der Waals surface area contributed by atoms with Gasteiger partial charge in [0.2, 0.25) is 5.72 Å². The van der Waals surface area contributed by atoms with E-state index in [0.29, 0.717) is 13.2 Å². The van der Waals surface area contributed by atoms with Gasteiger partial charge in [-0.2, -0.15) is 0 Å². The fourth-order valence-electron chi connectivity index (χ4n) is 2.19. The first-order chi connectivity index (χ1) is 7.70. The van der Waals surface area contributed by atoms with Crippen LogP contribution in [0.5, 0.6) is 0 Å². The van der Waals surface area contributed by atoms with Gasteiger partial charge in [-0.1, -0.05) is 24.3 Å². The van der Waals surface area contributed by atoms with Gasteiger partial charge in [0.25, 0.3) is 5.91 Å². The predicted octanol–water partition coefficient (Wildman–Crippen LogP) is 0.507. The number of nitrogens with one attached hydrogen (secondary N) is 1. The van der Waals surface area contributed by atoms with Crippen LogP contribution in [0.4, 0.5) is 0 Å². The van der Waals surface area contributed by atoms with E-state index in [0.717, 1.165) is 17.5 Å². The fraction of sp³-hybridized carbons (Fsp3) is 0.417. The minimum Gasteiger partial charge on any atom is -0.366 e. The van der Waals surface area contributed by atoms with Gasteiger partial charge in [0.15, 0.2) is 0 Å². The van der Waals surface area contributed by atoms with E-state index >= 15 is 0 Å². The zero-order chi connectivity index (χ0) is 11.6. The molecule has 16 heavy (non-hydrogen) atoms. The lowest BCUT2D eigenvalue weighted by Crippen LogP contribution is -2.57. The largest absolute Gasteiger partial charge is 0.366 e. The Hall–Kier alpha value is -1.39. The van der Waals surface area contributed by atoms with Crippen LogP contribution in [0.1, 0.15) is 18.1 Å². The van der Waals surface area contributed by atoms with Gasteiger partial charge in [-0.05, 0) is 18.9 Å². The van der Waals surface area contributed by atoms with E-state index in [1.165, 1.54) is 0 Å². The second kappa shape index (κ2) is 4.23. The maximum absolute atomic E-state index is 11.7. The average molecular weight is 220 g/mol. The Morgan fingerprint density at radius 1 is 1.56 bits per heavy atom. The highest BCUT2D eigenvalue weighted by molar-refractivity contribution is 5.85. The van der Waals surface area contributed by atoms with Crippen molar-refractivity contribution in [2.75, 3.05) is 13.2 Å². The third-order valence-corrected chi connectivity index (χ3v) is 2.87. The molecule has 0 fully saturated rings. The summed E-state index contributed by atoms with van der Waals surface area (Å²) in [5.41, 5.74) is 6.29. The number of fused-ring (bicyclic) bond motifs is 1. The van der Waals surface area contributed by atoms with E-state index in [9.17, 15) is 4.79 Å². The molecular formula is C12H16N2O2. The summed E-state index contributed by atoms with van der Waals surface area (Å²) in [5.74, 6) is -0.485. The highest BCUT2D eigenvalue weighted by Crippen LogP contribution is 2.29. The molecule has 3 N–H and O–H groups in total. The summed E-state index contributed by atoms with van der Waals surface area (Å²) >= 11 is 0. The van der Waals surface area contributed by atoms with Gasteiger partial charge < -0.3 is 10.5 Å². The Morgan fingerprint density at radius 3 is 3.00 bits per heavy atom. The molecule has 1 unspecified atom stereocenters. The van der Waals surface area contributed by atoms with E-state index in [1.807, 2.05) is 31.2 Å². The first-order valence-electron chi connectivity index (χ1n) is 5.48. The Labute approximate surface area is 94.8 Å². The Kier molecular flexibility index (Phi) is 2.94. The molecule has 0 bridgehead atoms. The summed E-state index contributed by atoms with van der Waals surface area (Å²) in [6.07, 6.45) is 0.887. The molecule has 0 aromatic heterocycles. The maximum Gasteiger partial charge on any atom is 0.269 e. The fourth-order valence-corrected chi connectivity index (χ4v) is 2.19. The second-order valence-corrected chi connectivity index (χ2v) is 3.81. The molecule has 1 amide bonds. The van der Waals surface area contributed by atoms with Crippen LogP contribution in [0.2, 0.25) is 0 Å². The average Bonchev–Trinajstić information content (AvgIpc) is 2.29. The summed E-state index contributed by atoms with van der Waals surface area (Å²) in [4.78, 5) is 11.7. The van der Waals surface area contributed by atoms with Crippen molar-refractivity contribution in [3.05, 3.63) is 35.4 Å². The Morgan fingerprint density at radius 2 is 2.31 bits per heavy atom. The molecule has 1 heterocycles. The standard InChI is InChI=1S/C12H16N2O2/c1-2-16-12(11(13)15)10-6-4-3-5-9(10)7-8-14-12/h3-6,14H,2,7-8H2,1H3,(H2,13,15). The predicted molar refractivity (Wildman–Crippen MR) is 60.6 cm³/mol. The van der Waals surface area contributed by atoms with Crippen molar-refractivity contribution in [2.45, 2.75) is 19.1 Å². The van der Waals surface area contributed by atoms with E-state index in [1.54, 1.807) is 0 Å². The molecular weight excluding hydrogens is 204 g/mol. The monoisotopic (exact) mass is 220 g/mol. The molecule has 1 aromatic rings. The van der Waals surface area contributed by atoms with Crippen molar-refractivity contribution in [3.63, 3.8) is 0 Å². The number of carbonyl (C=O) groups excluding carboxylic acids is 1. The topological polar surface area (TPSA) is 64.3 Å². The Balaban J connectivity index is 2.52. The SMILES string of the molecule is CCOC1(C(N)=O)NCCc2ccccc21. The molecule has 2 rings (SSSR count). The van der Waals surface area contributed by atoms with Crippen molar-refractivity contribution in [1.82, 2.24) is 5.32 Å². The highest BCUT2D eigenvalue weighted by atomic mass is 16.5. The summed E-state index contributed by atoms with van der Waals surface area (Å²) in [5, 5.41) is 3.09. The third kappa shape index (κ3) is 1.60. The van der Waals surface area contributed by atoms with Crippen LogP contribution in [0.3, 0.4) is 0 Å². The van der Waals surface area contributed by atoms with Crippen LogP contribution in [-0.2, 0) is 21.7 Å². The number of ether oxygens (including phenoxy) is 1. The zero-order valence-corrected chi connectivity index (χ0v) is 9.32. The Bertz CT molecular complexity index is 406. The molecule has 0 spiro atoms. The van der Waals surface area contributed by atoms with E-state index in [2.05, 4.69) is 5.32 Å². The smallest absolute Gasteiger partial charge is 0.269 e. The molecule has 0 saturated carbocycles. The number of hydrogen-bond donors (Lipinski definition) is 2. The van der Waals surface area contributed by atoms with Crippen molar-refractivity contribution in [1.29, 1.82) is 0 Å². The minimum absolute atomic E-state index is 0.435. The number of amides is 1. The van der Waals surface area contributed by atoms with Crippen LogP contribution >= 0.6 is 0 Å². The van der Waals surface area contributed by atoms with Gasteiger partial charge in [0.05, 0.1) is 0 Å². The van der Waals surface area contributed by atoms with Gasteiger partial charge in [-0.15, -0.1) is 0 Å². The van der Waals surface area contributed by atoms with Gasteiger partial charge in [-0.3, -0.25) is 10.1 Å². The zero-order valence-electron chi connectivity index (χ0n) is 9.32. The van der Waals surface area contributed by atoms with Crippen molar-refractivity contribution >= 4 is 5.91 Å². The molecule has 1 aliphatic rings. The first kappa shape index (κ1) is 11.1. The summed E-state index contributed by atoms with van der Waals surface area (Å²) in [6, 6.07) is 7.75. The van der Waals surface area contributed by atoms with Crippen LogP contribution in [0.25, 0.3) is 0 Å². The number of carbonyl (C=O) groups is 1. The van der Waals surface area contributed by atoms with Gasteiger partial charge in [0.1, 0.15) is 0 Å². The number of rotatable bonds is 3. The molecule has 1 atom stereocenters. The summed E-state index contributed by atoms with van der Waals surface area (Å²) in [7, 11) is 0. The summed E-state index contributed by atoms with van der Waals surface area (Å²) < 4.78 is 5.57. The molecule has 0 radical (unpaired) electrons. The number of benzene rings is 1. The lowest BCUT2D eigenvalue weighted by molar-refractivity contribution is -0.151. The van der Waals surface area contributed by atoms with Gasteiger partial charge >= 0.3 is 0 Å². The lowest BCUT2D eigenvalue weighted by atomic mass is 9.90. The second-order valence-electron chi connectivity index (χ2n) is 3.81. The van der Waals surface area contributed by atoms with E-state index < -0.39 is 11.6 Å². The van der Waals surface area contributed by atoms with E-state index in [-0.39, 0.29) is 0 Å². The molecule has 0 saturated heterocycles. The van der Waals surface area contributed by atoms with Crippen molar-refractivity contribution in [3.8, 4) is 0 Å². The number of hydrogen-bond acceptors (Lipinski definition) is 3. The third-order valence-electron chi connectivity index (χ3n) is 2.87.